The van der Waals surface area contributed by atoms with Crippen LogP contribution < -0.4 is 4.74 Å². The Kier molecular flexibility index (Phi) is 8.98. The third-order valence-corrected chi connectivity index (χ3v) is 6.25. The van der Waals surface area contributed by atoms with Crippen LogP contribution in [0.15, 0.2) is 48.0 Å². The van der Waals surface area contributed by atoms with Crippen LogP contribution in [-0.4, -0.2) is 47.6 Å². The summed E-state index contributed by atoms with van der Waals surface area (Å²) in [5.74, 6) is -0.778. The summed E-state index contributed by atoms with van der Waals surface area (Å²) in [6.45, 7) is 11.2. The molecule has 1 saturated heterocycles. The predicted molar refractivity (Wildman–Crippen MR) is 138 cm³/mol. The monoisotopic (exact) mass is 499 g/mol. The first kappa shape index (κ1) is 26.8. The SMILES string of the molecule is CCOc1ccc(/C(O)=C2/C(=O)C(=O)N(CCCOC(C)C)C2c2ccc(C(C)C)cc2)cc1Cl. The zero-order chi connectivity index (χ0) is 25.7. The summed E-state index contributed by atoms with van der Waals surface area (Å²) in [4.78, 5) is 27.8. The van der Waals surface area contributed by atoms with Crippen LogP contribution in [0.1, 0.15) is 69.7 Å². The van der Waals surface area contributed by atoms with Gasteiger partial charge in [0.15, 0.2) is 0 Å². The second kappa shape index (κ2) is 11.7. The molecule has 3 rings (SSSR count). The molecule has 188 valence electrons. The van der Waals surface area contributed by atoms with Crippen molar-refractivity contribution in [1.29, 1.82) is 0 Å². The molecule has 0 saturated carbocycles. The molecule has 2 aromatic rings. The number of aliphatic hydroxyl groups excluding tert-OH is 1. The van der Waals surface area contributed by atoms with Gasteiger partial charge in [-0.2, -0.15) is 0 Å². The fourth-order valence-corrected chi connectivity index (χ4v) is 4.39. The van der Waals surface area contributed by atoms with Crippen molar-refractivity contribution in [2.45, 2.75) is 59.1 Å². The number of ketones is 1. The van der Waals surface area contributed by atoms with Gasteiger partial charge in [-0.25, -0.2) is 0 Å². The van der Waals surface area contributed by atoms with Crippen molar-refractivity contribution in [3.63, 3.8) is 0 Å². The van der Waals surface area contributed by atoms with E-state index in [1.165, 1.54) is 4.90 Å². The van der Waals surface area contributed by atoms with Gasteiger partial charge in [0.1, 0.15) is 11.5 Å². The van der Waals surface area contributed by atoms with E-state index in [2.05, 4.69) is 13.8 Å². The first-order valence-corrected chi connectivity index (χ1v) is 12.5. The minimum Gasteiger partial charge on any atom is -0.507 e. The van der Waals surface area contributed by atoms with Gasteiger partial charge < -0.3 is 19.5 Å². The van der Waals surface area contributed by atoms with E-state index < -0.39 is 17.7 Å². The topological polar surface area (TPSA) is 76.1 Å². The van der Waals surface area contributed by atoms with Gasteiger partial charge in [0, 0.05) is 18.7 Å². The quantitative estimate of drug-likeness (QED) is 0.185. The Morgan fingerprint density at radius 2 is 1.77 bits per heavy atom. The number of benzene rings is 2. The molecule has 0 bridgehead atoms. The van der Waals surface area contributed by atoms with E-state index in [1.54, 1.807) is 18.2 Å². The maximum Gasteiger partial charge on any atom is 0.295 e. The standard InChI is InChI=1S/C28H34ClNO5/c1-6-34-23-13-12-21(16-22(23)29)26(31)24-25(20-10-8-19(9-11-20)17(2)3)30(28(33)27(24)32)14-7-15-35-18(4)5/h8-13,16-18,25,31H,6-7,14-15H2,1-5H3/b26-24-. The van der Waals surface area contributed by atoms with Gasteiger partial charge in [0.25, 0.3) is 11.7 Å². The van der Waals surface area contributed by atoms with Crippen LogP contribution in [-0.2, 0) is 14.3 Å². The number of aliphatic hydroxyl groups is 1. The van der Waals surface area contributed by atoms with Crippen molar-refractivity contribution in [2.24, 2.45) is 0 Å². The molecule has 1 aliphatic rings. The molecule has 1 heterocycles. The molecule has 1 amide bonds. The van der Waals surface area contributed by atoms with Crippen molar-refractivity contribution in [3.8, 4) is 5.75 Å². The predicted octanol–water partition coefficient (Wildman–Crippen LogP) is 6.10. The van der Waals surface area contributed by atoms with Crippen LogP contribution in [0.3, 0.4) is 0 Å². The molecule has 1 fully saturated rings. The molecule has 1 unspecified atom stereocenters. The summed E-state index contributed by atoms with van der Waals surface area (Å²) in [6, 6.07) is 11.9. The van der Waals surface area contributed by atoms with Crippen molar-refractivity contribution in [3.05, 3.63) is 69.8 Å². The van der Waals surface area contributed by atoms with Crippen LogP contribution in [0.4, 0.5) is 0 Å². The van der Waals surface area contributed by atoms with Crippen molar-refractivity contribution in [1.82, 2.24) is 4.90 Å². The third kappa shape index (κ3) is 6.06. The molecule has 2 aromatic carbocycles. The number of halogens is 1. The highest BCUT2D eigenvalue weighted by Gasteiger charge is 2.45. The molecule has 0 aliphatic carbocycles. The molecule has 6 nitrogen and oxygen atoms in total. The van der Waals surface area contributed by atoms with E-state index in [4.69, 9.17) is 21.1 Å². The maximum atomic E-state index is 13.2. The number of carbonyl (C=O) groups is 2. The molecule has 0 aromatic heterocycles. The van der Waals surface area contributed by atoms with Gasteiger partial charge in [-0.1, -0.05) is 49.7 Å². The van der Waals surface area contributed by atoms with Gasteiger partial charge in [0.2, 0.25) is 0 Å². The number of carbonyl (C=O) groups excluding carboxylic acids is 2. The van der Waals surface area contributed by atoms with E-state index in [0.717, 1.165) is 11.1 Å². The number of likely N-dealkylation sites (tertiary alicyclic amines) is 1. The molecule has 1 atom stereocenters. The Morgan fingerprint density at radius 3 is 2.34 bits per heavy atom. The Hall–Kier alpha value is -2.83. The maximum absolute atomic E-state index is 13.2. The molecular weight excluding hydrogens is 466 g/mol. The summed E-state index contributed by atoms with van der Waals surface area (Å²) in [7, 11) is 0. The van der Waals surface area contributed by atoms with E-state index in [0.29, 0.717) is 48.4 Å². The van der Waals surface area contributed by atoms with Crippen molar-refractivity contribution in [2.75, 3.05) is 19.8 Å². The molecule has 0 radical (unpaired) electrons. The Morgan fingerprint density at radius 1 is 1.09 bits per heavy atom. The number of Topliss-reactive ketones (excluding diaryl/α,β-unsaturated/α-hetero) is 1. The minimum absolute atomic E-state index is 0.0531. The fourth-order valence-electron chi connectivity index (χ4n) is 4.15. The van der Waals surface area contributed by atoms with Gasteiger partial charge in [-0.3, -0.25) is 9.59 Å². The second-order valence-corrected chi connectivity index (χ2v) is 9.57. The van der Waals surface area contributed by atoms with Crippen LogP contribution in [0.5, 0.6) is 5.75 Å². The molecule has 35 heavy (non-hydrogen) atoms. The highest BCUT2D eigenvalue weighted by atomic mass is 35.5. The Balaban J connectivity index is 2.05. The van der Waals surface area contributed by atoms with Crippen LogP contribution >= 0.6 is 11.6 Å². The van der Waals surface area contributed by atoms with Crippen LogP contribution in [0, 0.1) is 0 Å². The lowest BCUT2D eigenvalue weighted by molar-refractivity contribution is -0.140. The first-order chi connectivity index (χ1) is 16.6. The van der Waals surface area contributed by atoms with Crippen LogP contribution in [0.2, 0.25) is 5.02 Å². The zero-order valence-electron chi connectivity index (χ0n) is 21.0. The number of hydrogen-bond donors (Lipinski definition) is 1. The average Bonchev–Trinajstić information content (AvgIpc) is 3.07. The second-order valence-electron chi connectivity index (χ2n) is 9.17. The highest BCUT2D eigenvalue weighted by Crippen LogP contribution is 2.40. The lowest BCUT2D eigenvalue weighted by atomic mass is 9.93. The summed E-state index contributed by atoms with van der Waals surface area (Å²) in [5, 5.41) is 11.6. The van der Waals surface area contributed by atoms with Gasteiger partial charge in [-0.15, -0.1) is 0 Å². The summed E-state index contributed by atoms with van der Waals surface area (Å²) >= 11 is 6.33. The van der Waals surface area contributed by atoms with E-state index in [-0.39, 0.29) is 17.4 Å². The van der Waals surface area contributed by atoms with Crippen molar-refractivity contribution >= 4 is 29.1 Å². The first-order valence-electron chi connectivity index (χ1n) is 12.1. The minimum atomic E-state index is -0.713. The smallest absolute Gasteiger partial charge is 0.295 e. The Labute approximate surface area is 212 Å². The van der Waals surface area contributed by atoms with E-state index >= 15 is 0 Å². The summed E-state index contributed by atoms with van der Waals surface area (Å²) in [6.07, 6.45) is 0.648. The lowest BCUT2D eigenvalue weighted by Crippen LogP contribution is -2.31. The third-order valence-electron chi connectivity index (χ3n) is 5.96. The molecular formula is C28H34ClNO5. The number of rotatable bonds is 10. The van der Waals surface area contributed by atoms with Crippen molar-refractivity contribution < 1.29 is 24.2 Å². The van der Waals surface area contributed by atoms with E-state index in [9.17, 15) is 14.7 Å². The zero-order valence-corrected chi connectivity index (χ0v) is 21.8. The summed E-state index contributed by atoms with van der Waals surface area (Å²) in [5.41, 5.74) is 2.31. The number of hydrogen-bond acceptors (Lipinski definition) is 5. The number of ether oxygens (including phenoxy) is 2. The fraction of sp³-hybridized carbons (Fsp3) is 0.429. The summed E-state index contributed by atoms with van der Waals surface area (Å²) < 4.78 is 11.1. The molecule has 1 aliphatic heterocycles. The molecule has 1 N–H and O–H groups in total. The lowest BCUT2D eigenvalue weighted by Gasteiger charge is -2.26. The average molecular weight is 500 g/mol. The number of nitrogens with zero attached hydrogens (tertiary/aromatic N) is 1. The van der Waals surface area contributed by atoms with E-state index in [1.807, 2.05) is 45.0 Å². The van der Waals surface area contributed by atoms with Gasteiger partial charge in [0.05, 0.1) is 29.3 Å². The van der Waals surface area contributed by atoms with Gasteiger partial charge in [-0.05, 0) is 62.4 Å². The number of amides is 1. The molecule has 0 spiro atoms. The van der Waals surface area contributed by atoms with Crippen LogP contribution in [0.25, 0.3) is 5.76 Å². The highest BCUT2D eigenvalue weighted by molar-refractivity contribution is 6.46. The largest absolute Gasteiger partial charge is 0.507 e. The normalized spacial score (nSPS) is 17.6. The van der Waals surface area contributed by atoms with Gasteiger partial charge >= 0.3 is 0 Å². The molecule has 7 heteroatoms. The Bertz CT molecular complexity index is 1090.